The molecule has 0 aromatic heterocycles. The molecule has 0 spiro atoms. The summed E-state index contributed by atoms with van der Waals surface area (Å²) in [5.74, 6) is 0.987. The summed E-state index contributed by atoms with van der Waals surface area (Å²) < 4.78 is 6.92. The first kappa shape index (κ1) is 14.8. The molecule has 0 aliphatic heterocycles. The predicted octanol–water partition coefficient (Wildman–Crippen LogP) is 3.84. The molecule has 0 saturated carbocycles. The summed E-state index contributed by atoms with van der Waals surface area (Å²) in [5.41, 5.74) is 0. The number of hydrogen-bond donors (Lipinski definition) is 1. The Balaban J connectivity index is 1.97. The Morgan fingerprint density at radius 2 is 2.06 bits per heavy atom. The number of ether oxygens (including phenoxy) is 1. The summed E-state index contributed by atoms with van der Waals surface area (Å²) in [7, 11) is 0. The van der Waals surface area contributed by atoms with Gasteiger partial charge in [-0.2, -0.15) is 0 Å². The minimum absolute atomic E-state index is 0.827. The van der Waals surface area contributed by atoms with Crippen molar-refractivity contribution in [3.05, 3.63) is 27.8 Å². The van der Waals surface area contributed by atoms with E-state index in [1.807, 2.05) is 12.1 Å². The van der Waals surface area contributed by atoms with E-state index in [4.69, 9.17) is 4.74 Å². The molecular weight excluding hydrogens is 325 g/mol. The second-order valence-corrected chi connectivity index (χ2v) is 5.36. The highest BCUT2D eigenvalue weighted by Gasteiger charge is 1.94. The van der Waals surface area contributed by atoms with Crippen LogP contribution in [0.1, 0.15) is 32.6 Å². The van der Waals surface area contributed by atoms with Crippen LogP contribution in [0, 0.1) is 3.57 Å². The molecule has 0 fully saturated rings. The average Bonchev–Trinajstić information content (AvgIpc) is 2.33. The van der Waals surface area contributed by atoms with Crippen LogP contribution in [0.3, 0.4) is 0 Å². The summed E-state index contributed by atoms with van der Waals surface area (Å²) >= 11 is 2.30. The minimum atomic E-state index is 0.827. The third kappa shape index (κ3) is 7.60. The van der Waals surface area contributed by atoms with E-state index in [1.54, 1.807) is 0 Å². The highest BCUT2D eigenvalue weighted by atomic mass is 127. The second-order valence-electron chi connectivity index (χ2n) is 4.12. The van der Waals surface area contributed by atoms with Gasteiger partial charge in [0, 0.05) is 3.57 Å². The summed E-state index contributed by atoms with van der Waals surface area (Å²) in [6, 6.07) is 8.20. The Labute approximate surface area is 118 Å². The van der Waals surface area contributed by atoms with Gasteiger partial charge in [-0.15, -0.1) is 0 Å². The van der Waals surface area contributed by atoms with E-state index in [9.17, 15) is 0 Å². The fraction of sp³-hybridized carbons (Fsp3) is 0.571. The lowest BCUT2D eigenvalue weighted by Crippen LogP contribution is -2.15. The van der Waals surface area contributed by atoms with Crippen LogP contribution in [0.2, 0.25) is 0 Å². The van der Waals surface area contributed by atoms with Crippen molar-refractivity contribution in [1.82, 2.24) is 5.32 Å². The molecular formula is C14H22INO. The molecule has 2 nitrogen and oxygen atoms in total. The third-order valence-electron chi connectivity index (χ3n) is 2.49. The molecule has 1 N–H and O–H groups in total. The van der Waals surface area contributed by atoms with Crippen molar-refractivity contribution in [1.29, 1.82) is 0 Å². The molecule has 96 valence electrons. The zero-order valence-corrected chi connectivity index (χ0v) is 12.7. The van der Waals surface area contributed by atoms with Gasteiger partial charge >= 0.3 is 0 Å². The van der Waals surface area contributed by atoms with E-state index < -0.39 is 0 Å². The van der Waals surface area contributed by atoms with E-state index in [-0.39, 0.29) is 0 Å². The first-order valence-corrected chi connectivity index (χ1v) is 7.50. The molecule has 0 radical (unpaired) electrons. The molecule has 0 saturated heterocycles. The molecule has 0 aliphatic carbocycles. The summed E-state index contributed by atoms with van der Waals surface area (Å²) in [6.45, 7) is 5.30. The monoisotopic (exact) mass is 347 g/mol. The molecule has 0 aliphatic rings. The zero-order valence-electron chi connectivity index (χ0n) is 10.5. The number of rotatable bonds is 9. The van der Waals surface area contributed by atoms with Crippen LogP contribution in [0.4, 0.5) is 0 Å². The number of benzene rings is 1. The highest BCUT2D eigenvalue weighted by molar-refractivity contribution is 14.1. The van der Waals surface area contributed by atoms with Gasteiger partial charge in [0.2, 0.25) is 0 Å². The van der Waals surface area contributed by atoms with Crippen molar-refractivity contribution in [2.75, 3.05) is 19.7 Å². The maximum absolute atomic E-state index is 5.69. The predicted molar refractivity (Wildman–Crippen MR) is 81.7 cm³/mol. The topological polar surface area (TPSA) is 21.3 Å². The van der Waals surface area contributed by atoms with Gasteiger partial charge in [-0.25, -0.2) is 0 Å². The number of halogens is 1. The van der Waals surface area contributed by atoms with Crippen molar-refractivity contribution in [2.45, 2.75) is 32.6 Å². The number of nitrogens with one attached hydrogen (secondary N) is 1. The largest absolute Gasteiger partial charge is 0.494 e. The SMILES string of the molecule is CCCNCCCCCOc1cccc(I)c1. The first-order valence-electron chi connectivity index (χ1n) is 6.42. The summed E-state index contributed by atoms with van der Waals surface area (Å²) in [4.78, 5) is 0. The van der Waals surface area contributed by atoms with E-state index in [1.165, 1.54) is 22.8 Å². The van der Waals surface area contributed by atoms with E-state index in [0.29, 0.717) is 0 Å². The van der Waals surface area contributed by atoms with Crippen LogP contribution in [0.15, 0.2) is 24.3 Å². The standard InChI is InChI=1S/C14H22INO/c1-2-9-16-10-4-3-5-11-17-14-8-6-7-13(15)12-14/h6-8,12,16H,2-5,9-11H2,1H3. The Bertz CT molecular complexity index is 304. The van der Waals surface area contributed by atoms with Crippen molar-refractivity contribution >= 4 is 22.6 Å². The van der Waals surface area contributed by atoms with Gasteiger partial charge in [0.05, 0.1) is 6.61 Å². The lowest BCUT2D eigenvalue weighted by molar-refractivity contribution is 0.304. The van der Waals surface area contributed by atoms with Crippen molar-refractivity contribution < 1.29 is 4.74 Å². The molecule has 1 rings (SSSR count). The normalized spacial score (nSPS) is 10.5. The molecule has 0 atom stereocenters. The molecule has 3 heteroatoms. The van der Waals surface area contributed by atoms with Crippen LogP contribution < -0.4 is 10.1 Å². The van der Waals surface area contributed by atoms with Gasteiger partial charge in [0.15, 0.2) is 0 Å². The fourth-order valence-corrected chi connectivity index (χ4v) is 2.09. The smallest absolute Gasteiger partial charge is 0.120 e. The van der Waals surface area contributed by atoms with Gasteiger partial charge in [-0.05, 0) is 79.6 Å². The molecule has 0 bridgehead atoms. The Hall–Kier alpha value is -0.290. The Morgan fingerprint density at radius 3 is 2.82 bits per heavy atom. The molecule has 0 unspecified atom stereocenters. The fourth-order valence-electron chi connectivity index (χ4n) is 1.58. The van der Waals surface area contributed by atoms with Gasteiger partial charge in [-0.1, -0.05) is 13.0 Å². The van der Waals surface area contributed by atoms with Crippen LogP contribution in [0.25, 0.3) is 0 Å². The zero-order chi connectivity index (χ0) is 12.3. The van der Waals surface area contributed by atoms with Crippen molar-refractivity contribution in [3.8, 4) is 5.75 Å². The summed E-state index contributed by atoms with van der Waals surface area (Å²) in [5, 5.41) is 3.41. The minimum Gasteiger partial charge on any atom is -0.494 e. The Kier molecular flexibility index (Phi) is 8.44. The van der Waals surface area contributed by atoms with Gasteiger partial charge in [0.1, 0.15) is 5.75 Å². The van der Waals surface area contributed by atoms with E-state index in [0.717, 1.165) is 31.9 Å². The number of hydrogen-bond acceptors (Lipinski definition) is 2. The average molecular weight is 347 g/mol. The number of unbranched alkanes of at least 4 members (excludes halogenated alkanes) is 2. The van der Waals surface area contributed by atoms with E-state index >= 15 is 0 Å². The highest BCUT2D eigenvalue weighted by Crippen LogP contribution is 2.15. The maximum atomic E-state index is 5.69. The molecule has 0 heterocycles. The summed E-state index contributed by atoms with van der Waals surface area (Å²) in [6.07, 6.45) is 4.84. The lowest BCUT2D eigenvalue weighted by Gasteiger charge is -2.06. The molecule has 0 amide bonds. The second kappa shape index (κ2) is 9.71. The third-order valence-corrected chi connectivity index (χ3v) is 3.16. The van der Waals surface area contributed by atoms with Crippen LogP contribution in [-0.2, 0) is 0 Å². The molecule has 17 heavy (non-hydrogen) atoms. The van der Waals surface area contributed by atoms with Crippen molar-refractivity contribution in [2.24, 2.45) is 0 Å². The van der Waals surface area contributed by atoms with Crippen LogP contribution in [0.5, 0.6) is 5.75 Å². The quantitative estimate of drug-likeness (QED) is 0.541. The van der Waals surface area contributed by atoms with Crippen molar-refractivity contribution in [3.63, 3.8) is 0 Å². The van der Waals surface area contributed by atoms with Gasteiger partial charge < -0.3 is 10.1 Å². The molecule has 1 aromatic carbocycles. The van der Waals surface area contributed by atoms with Gasteiger partial charge in [-0.3, -0.25) is 0 Å². The maximum Gasteiger partial charge on any atom is 0.120 e. The van der Waals surface area contributed by atoms with E-state index in [2.05, 4.69) is 47.0 Å². The van der Waals surface area contributed by atoms with Crippen LogP contribution in [-0.4, -0.2) is 19.7 Å². The first-order chi connectivity index (χ1) is 8.33. The lowest BCUT2D eigenvalue weighted by atomic mass is 10.2. The van der Waals surface area contributed by atoms with Crippen LogP contribution >= 0.6 is 22.6 Å². The van der Waals surface area contributed by atoms with Gasteiger partial charge in [0.25, 0.3) is 0 Å². The molecule has 1 aromatic rings. The Morgan fingerprint density at radius 1 is 1.18 bits per heavy atom.